The van der Waals surface area contributed by atoms with Crippen LogP contribution in [0.15, 0.2) is 52.1 Å². The highest BCUT2D eigenvalue weighted by Gasteiger charge is 2.21. The number of nitro benzene ring substituents is 1. The summed E-state index contributed by atoms with van der Waals surface area (Å²) in [5.41, 5.74) is 0.844. The molecule has 4 rings (SSSR count). The van der Waals surface area contributed by atoms with Crippen LogP contribution in [-0.2, 0) is 7.05 Å². The van der Waals surface area contributed by atoms with Crippen LogP contribution in [0.4, 0.5) is 5.69 Å². The molecule has 2 aliphatic heterocycles. The molecule has 0 bridgehead atoms. The lowest BCUT2D eigenvalue weighted by atomic mass is 10.1. The number of nitro groups is 1. The van der Waals surface area contributed by atoms with Gasteiger partial charge in [-0.1, -0.05) is 17.7 Å². The van der Waals surface area contributed by atoms with Crippen molar-refractivity contribution in [3.63, 3.8) is 0 Å². The van der Waals surface area contributed by atoms with Gasteiger partial charge in [-0.25, -0.2) is 4.79 Å². The van der Waals surface area contributed by atoms with Gasteiger partial charge in [-0.05, 0) is 36.8 Å². The van der Waals surface area contributed by atoms with Gasteiger partial charge in [0.2, 0.25) is 0 Å². The van der Waals surface area contributed by atoms with Crippen molar-refractivity contribution in [2.45, 2.75) is 6.92 Å². The van der Waals surface area contributed by atoms with Crippen molar-refractivity contribution in [1.29, 1.82) is 0 Å². The zero-order chi connectivity index (χ0) is 20.2. The van der Waals surface area contributed by atoms with E-state index in [0.717, 1.165) is 10.1 Å². The molecular weight excluding hydrogens is 384 g/mol. The highest BCUT2D eigenvalue weighted by molar-refractivity contribution is 6.31. The molecule has 0 N–H and O–H groups in total. The molecular formula is C19H13ClN4O4. The first-order valence-corrected chi connectivity index (χ1v) is 8.63. The van der Waals surface area contributed by atoms with Crippen LogP contribution >= 0.6 is 11.6 Å². The third kappa shape index (κ3) is 2.66. The summed E-state index contributed by atoms with van der Waals surface area (Å²) in [5, 5.41) is 12.1. The Balaban J connectivity index is 2.23. The second kappa shape index (κ2) is 6.28. The fourth-order valence-corrected chi connectivity index (χ4v) is 3.29. The maximum absolute atomic E-state index is 12.7. The minimum atomic E-state index is -0.689. The highest BCUT2D eigenvalue weighted by Crippen LogP contribution is 2.31. The predicted octanol–water partition coefficient (Wildman–Crippen LogP) is 3.06. The van der Waals surface area contributed by atoms with Gasteiger partial charge in [-0.15, -0.1) is 0 Å². The molecule has 8 nitrogen and oxygen atoms in total. The molecule has 2 aromatic carbocycles. The summed E-state index contributed by atoms with van der Waals surface area (Å²) in [6, 6.07) is 11.1. The largest absolute Gasteiger partial charge is 0.352 e. The molecule has 0 fully saturated rings. The molecule has 0 amide bonds. The lowest BCUT2D eigenvalue weighted by molar-refractivity contribution is -0.384. The first-order chi connectivity index (χ1) is 13.3. The SMILES string of the molecule is Cc1ccc(-n2c3nc(=O)n(C)c(=O)c-3cc3cc([N+](=O)[O-])ccc32)cc1Cl. The number of benzene rings is 2. The average molecular weight is 397 g/mol. The lowest BCUT2D eigenvalue weighted by Crippen LogP contribution is -2.35. The number of pyridine rings is 1. The Labute approximate surface area is 162 Å². The second-order valence-corrected chi connectivity index (χ2v) is 6.82. The van der Waals surface area contributed by atoms with Crippen molar-refractivity contribution in [2.24, 2.45) is 7.05 Å². The molecule has 0 saturated carbocycles. The van der Waals surface area contributed by atoms with E-state index >= 15 is 0 Å². The summed E-state index contributed by atoms with van der Waals surface area (Å²) >= 11 is 6.27. The van der Waals surface area contributed by atoms with E-state index in [1.54, 1.807) is 28.8 Å². The molecule has 2 heterocycles. The van der Waals surface area contributed by atoms with Gasteiger partial charge in [0, 0.05) is 35.3 Å². The van der Waals surface area contributed by atoms with Gasteiger partial charge >= 0.3 is 5.69 Å². The van der Waals surface area contributed by atoms with Crippen LogP contribution < -0.4 is 11.2 Å². The molecule has 0 saturated heterocycles. The van der Waals surface area contributed by atoms with Gasteiger partial charge in [-0.3, -0.25) is 24.0 Å². The van der Waals surface area contributed by atoms with E-state index in [4.69, 9.17) is 11.6 Å². The van der Waals surface area contributed by atoms with E-state index in [2.05, 4.69) is 4.98 Å². The molecule has 140 valence electrons. The molecule has 9 heteroatoms. The van der Waals surface area contributed by atoms with Crippen LogP contribution in [0.5, 0.6) is 0 Å². The van der Waals surface area contributed by atoms with E-state index in [-0.39, 0.29) is 17.1 Å². The topological polar surface area (TPSA) is 100 Å². The molecule has 2 aliphatic rings. The van der Waals surface area contributed by atoms with Gasteiger partial charge in [0.1, 0.15) is 0 Å². The van der Waals surface area contributed by atoms with Crippen molar-refractivity contribution >= 4 is 28.2 Å². The highest BCUT2D eigenvalue weighted by atomic mass is 35.5. The Morgan fingerprint density at radius 3 is 2.54 bits per heavy atom. The first kappa shape index (κ1) is 17.9. The van der Waals surface area contributed by atoms with Crippen LogP contribution in [0, 0.1) is 17.0 Å². The fraction of sp³-hybridized carbons (Fsp3) is 0.105. The predicted molar refractivity (Wildman–Crippen MR) is 106 cm³/mol. The quantitative estimate of drug-likeness (QED) is 0.294. The lowest BCUT2D eigenvalue weighted by Gasteiger charge is -2.18. The molecule has 28 heavy (non-hydrogen) atoms. The Kier molecular flexibility index (Phi) is 4.01. The number of aryl methyl sites for hydroxylation is 1. The van der Waals surface area contributed by atoms with Gasteiger partial charge in [0.05, 0.1) is 16.0 Å². The van der Waals surface area contributed by atoms with Crippen LogP contribution in [0.3, 0.4) is 0 Å². The van der Waals surface area contributed by atoms with Crippen LogP contribution in [0.2, 0.25) is 5.02 Å². The van der Waals surface area contributed by atoms with E-state index in [9.17, 15) is 19.7 Å². The fourth-order valence-electron chi connectivity index (χ4n) is 3.11. The Hall–Kier alpha value is -3.52. The van der Waals surface area contributed by atoms with Crippen molar-refractivity contribution in [1.82, 2.24) is 14.1 Å². The Morgan fingerprint density at radius 2 is 1.86 bits per heavy atom. The minimum absolute atomic E-state index is 0.106. The maximum Gasteiger partial charge on any atom is 0.352 e. The van der Waals surface area contributed by atoms with Crippen molar-refractivity contribution in [3.8, 4) is 17.1 Å². The summed E-state index contributed by atoms with van der Waals surface area (Å²) in [6.45, 7) is 1.85. The van der Waals surface area contributed by atoms with E-state index in [0.29, 0.717) is 21.6 Å². The summed E-state index contributed by atoms with van der Waals surface area (Å²) in [4.78, 5) is 39.6. The Bertz CT molecular complexity index is 1370. The zero-order valence-electron chi connectivity index (χ0n) is 14.8. The van der Waals surface area contributed by atoms with Crippen LogP contribution in [0.1, 0.15) is 5.56 Å². The standard InChI is InChI=1S/C19H13ClN4O4/c1-10-3-4-12(9-15(10)20)23-16-6-5-13(24(27)28)7-11(16)8-14-17(23)21-19(26)22(2)18(14)25/h3-9H,1-2H3. The molecule has 0 aromatic heterocycles. The van der Waals surface area contributed by atoms with Gasteiger partial charge < -0.3 is 0 Å². The third-order valence-corrected chi connectivity index (χ3v) is 5.06. The molecule has 2 aromatic rings. The molecule has 0 unspecified atom stereocenters. The second-order valence-electron chi connectivity index (χ2n) is 6.41. The summed E-state index contributed by atoms with van der Waals surface area (Å²) in [7, 11) is 1.34. The number of nitrogens with zero attached hydrogens (tertiary/aromatic N) is 4. The van der Waals surface area contributed by atoms with Crippen LogP contribution in [0.25, 0.3) is 28.0 Å². The number of halogens is 1. The summed E-state index contributed by atoms with van der Waals surface area (Å²) in [6.07, 6.45) is 0. The van der Waals surface area contributed by atoms with E-state index in [1.807, 2.05) is 6.92 Å². The number of aromatic nitrogens is 3. The average Bonchev–Trinajstić information content (AvgIpc) is 2.67. The molecule has 0 radical (unpaired) electrons. The number of hydrogen-bond acceptors (Lipinski definition) is 5. The first-order valence-electron chi connectivity index (χ1n) is 8.25. The zero-order valence-corrected chi connectivity index (χ0v) is 15.6. The molecule has 0 spiro atoms. The van der Waals surface area contributed by atoms with E-state index in [1.165, 1.54) is 25.2 Å². The summed E-state index contributed by atoms with van der Waals surface area (Å²) < 4.78 is 2.51. The maximum atomic E-state index is 12.7. The summed E-state index contributed by atoms with van der Waals surface area (Å²) in [5.74, 6) is 0.161. The number of hydrogen-bond donors (Lipinski definition) is 0. The van der Waals surface area contributed by atoms with Gasteiger partial charge in [0.25, 0.3) is 11.2 Å². The number of rotatable bonds is 2. The van der Waals surface area contributed by atoms with Crippen molar-refractivity contribution in [2.75, 3.05) is 0 Å². The normalized spacial score (nSPS) is 11.2. The molecule has 0 atom stereocenters. The van der Waals surface area contributed by atoms with Gasteiger partial charge in [-0.2, -0.15) is 4.98 Å². The van der Waals surface area contributed by atoms with Crippen LogP contribution in [-0.4, -0.2) is 19.0 Å². The number of non-ortho nitro benzene ring substituents is 1. The van der Waals surface area contributed by atoms with Crippen molar-refractivity contribution in [3.05, 3.63) is 84.0 Å². The Morgan fingerprint density at radius 1 is 1.11 bits per heavy atom. The third-order valence-electron chi connectivity index (χ3n) is 4.65. The molecule has 0 aliphatic carbocycles. The monoisotopic (exact) mass is 396 g/mol. The van der Waals surface area contributed by atoms with Crippen molar-refractivity contribution < 1.29 is 4.92 Å². The smallest absolute Gasteiger partial charge is 0.294 e. The van der Waals surface area contributed by atoms with Gasteiger partial charge in [0.15, 0.2) is 5.82 Å². The number of fused-ring (bicyclic) bond motifs is 2. The minimum Gasteiger partial charge on any atom is -0.294 e. The van der Waals surface area contributed by atoms with E-state index < -0.39 is 16.2 Å².